The lowest BCUT2D eigenvalue weighted by Gasteiger charge is -2.39. The fraction of sp³-hybridized carbons (Fsp3) is 0.789. The number of hydrogen-bond donors (Lipinski definition) is 2. The van der Waals surface area contributed by atoms with Crippen LogP contribution in [0.4, 0.5) is 13.2 Å². The van der Waals surface area contributed by atoms with E-state index in [0.717, 1.165) is 6.42 Å². The molecule has 1 rings (SSSR count). The molecule has 3 N–H and O–H groups in total. The molecule has 0 aliphatic carbocycles. The second kappa shape index (κ2) is 14.4. The Labute approximate surface area is 169 Å². The normalized spacial score (nSPS) is 24.7. The highest BCUT2D eigenvalue weighted by molar-refractivity contribution is 5.73. The number of nitrogens with two attached hydrogens (primary N) is 1. The number of allylic oxidation sites excluding steroid dienone is 1. The van der Waals surface area contributed by atoms with E-state index in [2.05, 4.69) is 13.0 Å². The van der Waals surface area contributed by atoms with Gasteiger partial charge in [-0.15, -0.1) is 0 Å². The number of hydrogen-bond acceptors (Lipinski definition) is 6. The number of rotatable bonds is 9. The summed E-state index contributed by atoms with van der Waals surface area (Å²) in [7, 11) is 1.64. The van der Waals surface area contributed by atoms with Crippen molar-refractivity contribution < 1.29 is 42.1 Å². The van der Waals surface area contributed by atoms with Crippen LogP contribution in [0.3, 0.4) is 0 Å². The Morgan fingerprint density at radius 2 is 1.86 bits per heavy atom. The largest absolute Gasteiger partial charge is 0.490 e. The molecule has 0 bridgehead atoms. The average molecular weight is 427 g/mol. The van der Waals surface area contributed by atoms with Crippen molar-refractivity contribution in [3.05, 3.63) is 12.2 Å². The van der Waals surface area contributed by atoms with E-state index < -0.39 is 24.2 Å². The maximum Gasteiger partial charge on any atom is 0.490 e. The zero-order valence-corrected chi connectivity index (χ0v) is 17.1. The van der Waals surface area contributed by atoms with E-state index in [-0.39, 0.29) is 24.7 Å². The van der Waals surface area contributed by atoms with Crippen LogP contribution >= 0.6 is 0 Å². The Morgan fingerprint density at radius 1 is 1.24 bits per heavy atom. The Bertz CT molecular complexity index is 513. The van der Waals surface area contributed by atoms with Gasteiger partial charge in [-0.2, -0.15) is 13.2 Å². The van der Waals surface area contributed by atoms with E-state index in [1.54, 1.807) is 7.11 Å². The lowest BCUT2D eigenvalue weighted by atomic mass is 9.93. The highest BCUT2D eigenvalue weighted by Gasteiger charge is 2.40. The first-order valence-corrected chi connectivity index (χ1v) is 9.59. The van der Waals surface area contributed by atoms with Gasteiger partial charge in [-0.05, 0) is 12.8 Å². The summed E-state index contributed by atoms with van der Waals surface area (Å²) in [4.78, 5) is 20.5. The van der Waals surface area contributed by atoms with Crippen molar-refractivity contribution in [1.29, 1.82) is 0 Å². The first kappa shape index (κ1) is 27.4. The quantitative estimate of drug-likeness (QED) is 0.331. The Morgan fingerprint density at radius 3 is 2.34 bits per heavy atom. The van der Waals surface area contributed by atoms with Crippen LogP contribution in [0.1, 0.15) is 46.0 Å². The Kier molecular flexibility index (Phi) is 13.5. The third-order valence-corrected chi connectivity index (χ3v) is 4.26. The van der Waals surface area contributed by atoms with E-state index in [0.29, 0.717) is 6.61 Å². The van der Waals surface area contributed by atoms with Crippen molar-refractivity contribution in [2.75, 3.05) is 20.3 Å². The van der Waals surface area contributed by atoms with E-state index >= 15 is 0 Å². The van der Waals surface area contributed by atoms with Crippen molar-refractivity contribution in [2.45, 2.75) is 70.4 Å². The molecular formula is C19H32F3NO6. The maximum absolute atomic E-state index is 11.6. The fourth-order valence-corrected chi connectivity index (χ4v) is 2.75. The summed E-state index contributed by atoms with van der Waals surface area (Å²) in [5.74, 6) is -3.01. The molecule has 0 spiro atoms. The zero-order chi connectivity index (χ0) is 22.4. The predicted octanol–water partition coefficient (Wildman–Crippen LogP) is 3.07. The number of carboxylic acids is 1. The van der Waals surface area contributed by atoms with Crippen LogP contribution < -0.4 is 5.73 Å². The highest BCUT2D eigenvalue weighted by atomic mass is 19.4. The van der Waals surface area contributed by atoms with Gasteiger partial charge in [0.15, 0.2) is 6.10 Å². The fourth-order valence-electron chi connectivity index (χ4n) is 2.75. The summed E-state index contributed by atoms with van der Waals surface area (Å²) in [6.45, 7) is 4.70. The average Bonchev–Trinajstić information content (AvgIpc) is 2.65. The molecule has 4 atom stereocenters. The lowest BCUT2D eigenvalue weighted by molar-refractivity contribution is -0.192. The molecule has 1 aliphatic heterocycles. The number of esters is 1. The second-order valence-electron chi connectivity index (χ2n) is 6.71. The molecule has 0 unspecified atom stereocenters. The molecule has 170 valence electrons. The molecule has 1 heterocycles. The highest BCUT2D eigenvalue weighted by Crippen LogP contribution is 2.26. The molecular weight excluding hydrogens is 395 g/mol. The van der Waals surface area contributed by atoms with Gasteiger partial charge in [-0.1, -0.05) is 45.3 Å². The topological polar surface area (TPSA) is 108 Å². The van der Waals surface area contributed by atoms with Gasteiger partial charge in [-0.3, -0.25) is 4.79 Å². The molecule has 0 radical (unpaired) electrons. The number of carbonyl (C=O) groups is 2. The van der Waals surface area contributed by atoms with Crippen LogP contribution in [0.15, 0.2) is 12.2 Å². The molecule has 0 saturated carbocycles. The number of alkyl halides is 3. The van der Waals surface area contributed by atoms with Gasteiger partial charge in [0.1, 0.15) is 12.2 Å². The minimum absolute atomic E-state index is 0.130. The first-order chi connectivity index (χ1) is 13.6. The van der Waals surface area contributed by atoms with Gasteiger partial charge in [0.05, 0.1) is 13.2 Å². The number of unbranched alkanes of at least 4 members (excludes halogenated alkanes) is 4. The third-order valence-electron chi connectivity index (χ3n) is 4.26. The Balaban J connectivity index is 0.000000956. The smallest absolute Gasteiger partial charge is 0.475 e. The van der Waals surface area contributed by atoms with Crippen molar-refractivity contribution in [2.24, 2.45) is 11.7 Å². The number of carboxylic acid groups (broad SMARTS) is 1. The monoisotopic (exact) mass is 427 g/mol. The van der Waals surface area contributed by atoms with Gasteiger partial charge in [0.2, 0.25) is 0 Å². The van der Waals surface area contributed by atoms with Crippen molar-refractivity contribution in [1.82, 2.24) is 0 Å². The number of methoxy groups -OCH3 is 1. The van der Waals surface area contributed by atoms with Crippen LogP contribution in [0.2, 0.25) is 0 Å². The van der Waals surface area contributed by atoms with E-state index in [1.807, 2.05) is 13.0 Å². The summed E-state index contributed by atoms with van der Waals surface area (Å²) in [6.07, 6.45) is 4.12. The minimum atomic E-state index is -5.08. The van der Waals surface area contributed by atoms with Crippen LogP contribution in [0.5, 0.6) is 0 Å². The van der Waals surface area contributed by atoms with Gasteiger partial charge in [-0.25, -0.2) is 4.79 Å². The lowest BCUT2D eigenvalue weighted by Crippen LogP contribution is -2.52. The van der Waals surface area contributed by atoms with Crippen LogP contribution in [-0.4, -0.2) is 61.8 Å². The maximum atomic E-state index is 11.6. The van der Waals surface area contributed by atoms with Crippen LogP contribution in [-0.2, 0) is 23.8 Å². The van der Waals surface area contributed by atoms with Gasteiger partial charge in [0, 0.05) is 13.0 Å². The molecule has 1 aliphatic rings. The number of aliphatic carboxylic acids is 1. The van der Waals surface area contributed by atoms with E-state index in [9.17, 15) is 18.0 Å². The number of halogens is 3. The number of ether oxygens (including phenoxy) is 3. The van der Waals surface area contributed by atoms with Crippen molar-refractivity contribution in [3.8, 4) is 0 Å². The SMILES string of the molecule is CCCCCC/C=C/[C@@H]1OC[C@H](C)[C@H](OC)[C@H]1OC(=O)CN.O=C(O)C(F)(F)F. The number of carbonyl (C=O) groups excluding carboxylic acids is 1. The first-order valence-electron chi connectivity index (χ1n) is 9.59. The summed E-state index contributed by atoms with van der Waals surface area (Å²) >= 11 is 0. The minimum Gasteiger partial charge on any atom is -0.475 e. The van der Waals surface area contributed by atoms with E-state index in [1.165, 1.54) is 25.7 Å². The predicted molar refractivity (Wildman–Crippen MR) is 100 cm³/mol. The van der Waals surface area contributed by atoms with Crippen molar-refractivity contribution >= 4 is 11.9 Å². The summed E-state index contributed by atoms with van der Waals surface area (Å²) in [6, 6.07) is 0. The molecule has 29 heavy (non-hydrogen) atoms. The van der Waals surface area contributed by atoms with Crippen LogP contribution in [0.25, 0.3) is 0 Å². The molecule has 0 aromatic heterocycles. The Hall–Kier alpha value is -1.65. The van der Waals surface area contributed by atoms with Gasteiger partial charge in [0.25, 0.3) is 0 Å². The van der Waals surface area contributed by atoms with Gasteiger partial charge < -0.3 is 25.1 Å². The van der Waals surface area contributed by atoms with Crippen molar-refractivity contribution in [3.63, 3.8) is 0 Å². The second-order valence-corrected chi connectivity index (χ2v) is 6.71. The van der Waals surface area contributed by atoms with Gasteiger partial charge >= 0.3 is 18.1 Å². The zero-order valence-electron chi connectivity index (χ0n) is 17.1. The molecule has 1 saturated heterocycles. The molecule has 0 aromatic carbocycles. The molecule has 10 heteroatoms. The van der Waals surface area contributed by atoms with Crippen LogP contribution in [0, 0.1) is 5.92 Å². The third kappa shape index (κ3) is 11.2. The standard InChI is InChI=1S/C17H31NO4.C2HF3O2/c1-4-5-6-7-8-9-10-14-17(22-15(19)11-18)16(20-3)13(2)12-21-14;3-2(4,5)1(6)7/h9-10,13-14,16-17H,4-8,11-12,18H2,1-3H3;(H,6,7)/b10-9+;/t13-,14-,16-,17-;/m0./s1. The summed E-state index contributed by atoms with van der Waals surface area (Å²) in [5.41, 5.74) is 5.35. The molecule has 7 nitrogen and oxygen atoms in total. The molecule has 1 fully saturated rings. The molecule has 0 aromatic rings. The molecule has 0 amide bonds. The van der Waals surface area contributed by atoms with E-state index in [4.69, 9.17) is 29.8 Å². The summed E-state index contributed by atoms with van der Waals surface area (Å²) < 4.78 is 48.5. The summed E-state index contributed by atoms with van der Waals surface area (Å²) in [5, 5.41) is 7.12.